The van der Waals surface area contributed by atoms with Gasteiger partial charge in [-0.25, -0.2) is 8.42 Å². The lowest BCUT2D eigenvalue weighted by atomic mass is 10.2. The fourth-order valence-electron chi connectivity index (χ4n) is 1.93. The molecule has 0 aliphatic carbocycles. The number of hydrogen-bond acceptors (Lipinski definition) is 4. The number of anilines is 1. The summed E-state index contributed by atoms with van der Waals surface area (Å²) < 4.78 is 27.4. The molecule has 0 heterocycles. The number of nitro benzene ring substituents is 1. The van der Waals surface area contributed by atoms with Crippen LogP contribution < -0.4 is 4.72 Å². The van der Waals surface area contributed by atoms with E-state index in [9.17, 15) is 18.5 Å². The fourth-order valence-corrected chi connectivity index (χ4v) is 3.56. The van der Waals surface area contributed by atoms with Crippen LogP contribution in [-0.2, 0) is 10.0 Å². The predicted molar refractivity (Wildman–Crippen MR) is 84.8 cm³/mol. The van der Waals surface area contributed by atoms with Crippen LogP contribution in [0, 0.1) is 24.0 Å². The van der Waals surface area contributed by atoms with Gasteiger partial charge in [0.15, 0.2) is 0 Å². The van der Waals surface area contributed by atoms with Crippen LogP contribution in [0.25, 0.3) is 0 Å². The van der Waals surface area contributed by atoms with Crippen molar-refractivity contribution in [2.45, 2.75) is 18.7 Å². The quantitative estimate of drug-likeness (QED) is 0.679. The van der Waals surface area contributed by atoms with E-state index in [-0.39, 0.29) is 10.6 Å². The zero-order chi connectivity index (χ0) is 16.5. The van der Waals surface area contributed by atoms with Gasteiger partial charge < -0.3 is 0 Å². The van der Waals surface area contributed by atoms with Gasteiger partial charge in [-0.2, -0.15) is 0 Å². The number of hydrogen-bond donors (Lipinski definition) is 1. The third-order valence-electron chi connectivity index (χ3n) is 3.10. The summed E-state index contributed by atoms with van der Waals surface area (Å²) >= 11 is 5.83. The van der Waals surface area contributed by atoms with Gasteiger partial charge in [0, 0.05) is 17.2 Å². The van der Waals surface area contributed by atoms with Crippen LogP contribution in [0.5, 0.6) is 0 Å². The first-order valence-electron chi connectivity index (χ1n) is 6.25. The summed E-state index contributed by atoms with van der Waals surface area (Å²) in [6.07, 6.45) is 0. The van der Waals surface area contributed by atoms with Crippen molar-refractivity contribution in [2.24, 2.45) is 0 Å². The maximum atomic E-state index is 12.5. The topological polar surface area (TPSA) is 89.3 Å². The van der Waals surface area contributed by atoms with Crippen LogP contribution in [0.3, 0.4) is 0 Å². The minimum Gasteiger partial charge on any atom is -0.279 e. The molecular weight excluding hydrogens is 328 g/mol. The van der Waals surface area contributed by atoms with Crippen molar-refractivity contribution in [3.63, 3.8) is 0 Å². The highest BCUT2D eigenvalue weighted by molar-refractivity contribution is 7.92. The Hall–Kier alpha value is -2.12. The molecule has 0 spiro atoms. The average Bonchev–Trinajstić information content (AvgIpc) is 2.42. The van der Waals surface area contributed by atoms with Crippen LogP contribution in [0.2, 0.25) is 5.02 Å². The molecular formula is C14H13ClN2O4S. The van der Waals surface area contributed by atoms with E-state index in [4.69, 9.17) is 11.6 Å². The molecule has 0 saturated carbocycles. The second-order valence-electron chi connectivity index (χ2n) is 4.77. The van der Waals surface area contributed by atoms with E-state index in [1.165, 1.54) is 12.1 Å². The predicted octanol–water partition coefficient (Wildman–Crippen LogP) is 3.67. The molecule has 0 saturated heterocycles. The largest absolute Gasteiger partial charge is 0.279 e. The van der Waals surface area contributed by atoms with Crippen molar-refractivity contribution in [1.29, 1.82) is 0 Å². The number of halogens is 1. The first-order valence-corrected chi connectivity index (χ1v) is 8.11. The molecule has 0 aliphatic rings. The van der Waals surface area contributed by atoms with Gasteiger partial charge in [-0.05, 0) is 43.2 Å². The van der Waals surface area contributed by atoms with E-state index in [0.29, 0.717) is 21.8 Å². The van der Waals surface area contributed by atoms with Crippen molar-refractivity contribution in [3.8, 4) is 0 Å². The normalized spacial score (nSPS) is 11.2. The number of rotatable bonds is 4. The summed E-state index contributed by atoms with van der Waals surface area (Å²) in [5, 5.41) is 11.3. The number of benzene rings is 2. The minimum atomic E-state index is -3.93. The van der Waals surface area contributed by atoms with Crippen LogP contribution in [-0.4, -0.2) is 13.3 Å². The Morgan fingerprint density at radius 1 is 1.09 bits per heavy atom. The summed E-state index contributed by atoms with van der Waals surface area (Å²) in [5.74, 6) is 0. The highest BCUT2D eigenvalue weighted by atomic mass is 35.5. The van der Waals surface area contributed by atoms with Crippen LogP contribution in [0.15, 0.2) is 41.3 Å². The summed E-state index contributed by atoms with van der Waals surface area (Å²) in [6, 6.07) is 8.44. The summed E-state index contributed by atoms with van der Waals surface area (Å²) in [4.78, 5) is 10.1. The zero-order valence-corrected chi connectivity index (χ0v) is 13.4. The number of aryl methyl sites for hydroxylation is 2. The minimum absolute atomic E-state index is 0.129. The standard InChI is InChI=1S/C14H13ClN2O4S/c1-9-3-5-12(17(18)19)8-14(9)22(20,21)16-13-6-4-11(15)7-10(13)2/h3-8,16H,1-2H3. The van der Waals surface area contributed by atoms with Gasteiger partial charge in [-0.1, -0.05) is 17.7 Å². The molecule has 2 aromatic rings. The summed E-state index contributed by atoms with van der Waals surface area (Å²) in [5.41, 5.74) is 1.16. The van der Waals surface area contributed by atoms with Gasteiger partial charge in [-0.15, -0.1) is 0 Å². The third-order valence-corrected chi connectivity index (χ3v) is 4.85. The lowest BCUT2D eigenvalue weighted by Gasteiger charge is -2.12. The average molecular weight is 341 g/mol. The molecule has 2 rings (SSSR count). The van der Waals surface area contributed by atoms with Gasteiger partial charge in [0.1, 0.15) is 0 Å². The molecule has 2 aromatic carbocycles. The molecule has 0 radical (unpaired) electrons. The Morgan fingerprint density at radius 2 is 1.77 bits per heavy atom. The van der Waals surface area contributed by atoms with Crippen LogP contribution in [0.4, 0.5) is 11.4 Å². The molecule has 0 atom stereocenters. The molecule has 0 fully saturated rings. The van der Waals surface area contributed by atoms with Crippen molar-refractivity contribution in [1.82, 2.24) is 0 Å². The van der Waals surface area contributed by atoms with E-state index in [2.05, 4.69) is 4.72 Å². The fraction of sp³-hybridized carbons (Fsp3) is 0.143. The van der Waals surface area contributed by atoms with Gasteiger partial charge >= 0.3 is 0 Å². The summed E-state index contributed by atoms with van der Waals surface area (Å²) in [7, 11) is -3.93. The molecule has 0 unspecified atom stereocenters. The zero-order valence-electron chi connectivity index (χ0n) is 11.8. The number of sulfonamides is 1. The van der Waals surface area contributed by atoms with Crippen molar-refractivity contribution < 1.29 is 13.3 Å². The molecule has 0 aromatic heterocycles. The first kappa shape index (κ1) is 16.3. The molecule has 0 amide bonds. The van der Waals surface area contributed by atoms with E-state index < -0.39 is 14.9 Å². The Bertz CT molecular complexity index is 850. The number of nitrogens with zero attached hydrogens (tertiary/aromatic N) is 1. The van der Waals surface area contributed by atoms with Crippen molar-refractivity contribution in [3.05, 3.63) is 62.7 Å². The highest BCUT2D eigenvalue weighted by Crippen LogP contribution is 2.26. The SMILES string of the molecule is Cc1cc(Cl)ccc1NS(=O)(=O)c1cc([N+](=O)[O-])ccc1C. The lowest BCUT2D eigenvalue weighted by molar-refractivity contribution is -0.385. The smallest absolute Gasteiger partial charge is 0.270 e. The Morgan fingerprint density at radius 3 is 2.36 bits per heavy atom. The van der Waals surface area contributed by atoms with Crippen LogP contribution >= 0.6 is 11.6 Å². The summed E-state index contributed by atoms with van der Waals surface area (Å²) in [6.45, 7) is 3.29. The molecule has 0 bridgehead atoms. The number of nitrogens with one attached hydrogen (secondary N) is 1. The lowest BCUT2D eigenvalue weighted by Crippen LogP contribution is -2.15. The Kier molecular flexibility index (Phi) is 4.39. The molecule has 22 heavy (non-hydrogen) atoms. The molecule has 0 aliphatic heterocycles. The third kappa shape index (κ3) is 3.37. The first-order chi connectivity index (χ1) is 10.2. The van der Waals surface area contributed by atoms with Crippen molar-refractivity contribution in [2.75, 3.05) is 4.72 Å². The van der Waals surface area contributed by atoms with Gasteiger partial charge in [-0.3, -0.25) is 14.8 Å². The maximum absolute atomic E-state index is 12.5. The molecule has 1 N–H and O–H groups in total. The monoisotopic (exact) mass is 340 g/mol. The van der Waals surface area contributed by atoms with Gasteiger partial charge in [0.2, 0.25) is 0 Å². The van der Waals surface area contributed by atoms with Gasteiger partial charge in [0.05, 0.1) is 15.5 Å². The van der Waals surface area contributed by atoms with E-state index in [1.807, 2.05) is 0 Å². The van der Waals surface area contributed by atoms with E-state index in [1.54, 1.807) is 32.0 Å². The molecule has 8 heteroatoms. The van der Waals surface area contributed by atoms with Crippen LogP contribution in [0.1, 0.15) is 11.1 Å². The van der Waals surface area contributed by atoms with Crippen molar-refractivity contribution >= 4 is 33.0 Å². The number of non-ortho nitro benzene ring substituents is 1. The Labute approximate surface area is 132 Å². The maximum Gasteiger partial charge on any atom is 0.270 e. The second kappa shape index (κ2) is 5.94. The highest BCUT2D eigenvalue weighted by Gasteiger charge is 2.21. The Balaban J connectivity index is 2.46. The number of nitro groups is 1. The van der Waals surface area contributed by atoms with E-state index >= 15 is 0 Å². The van der Waals surface area contributed by atoms with E-state index in [0.717, 1.165) is 6.07 Å². The second-order valence-corrected chi connectivity index (χ2v) is 6.86. The molecule has 116 valence electrons. The van der Waals surface area contributed by atoms with Gasteiger partial charge in [0.25, 0.3) is 15.7 Å². The molecule has 6 nitrogen and oxygen atoms in total.